The number of ether oxygens (including phenoxy) is 7. The molecule has 3 saturated heterocycles. The van der Waals surface area contributed by atoms with Crippen LogP contribution < -0.4 is 0 Å². The first-order chi connectivity index (χ1) is 16.0. The second-order valence-electron chi connectivity index (χ2n) is 11.6. The molecule has 0 aliphatic carbocycles. The van der Waals surface area contributed by atoms with Gasteiger partial charge in [-0.25, -0.2) is 0 Å². The molecule has 10 heteroatoms. The van der Waals surface area contributed by atoms with E-state index in [1.807, 2.05) is 0 Å². The van der Waals surface area contributed by atoms with Crippen molar-refractivity contribution in [1.29, 1.82) is 0 Å². The molecule has 0 aromatic rings. The fourth-order valence-corrected chi connectivity index (χ4v) is 4.20. The number of hydrogen-bond acceptors (Lipinski definition) is 10. The SMILES string of the molecule is CC(=O)OC[C@H]1O[C@@H]2O[C@H]1[C@@H]1OC(C)(C)O[C@]21/C(=C/COC(=O)C(C)(C)C)COC(=O)C(C)(C)C. The van der Waals surface area contributed by atoms with Gasteiger partial charge in [0.05, 0.1) is 10.8 Å². The van der Waals surface area contributed by atoms with E-state index in [2.05, 4.69) is 0 Å². The van der Waals surface area contributed by atoms with Gasteiger partial charge in [0.1, 0.15) is 38.1 Å². The molecule has 3 fully saturated rings. The van der Waals surface area contributed by atoms with Crippen molar-refractivity contribution >= 4 is 17.9 Å². The Kier molecular flexibility index (Phi) is 7.45. The summed E-state index contributed by atoms with van der Waals surface area (Å²) in [5, 5.41) is 0. The maximum atomic E-state index is 12.6. The number of carbonyl (C=O) groups is 3. The van der Waals surface area contributed by atoms with E-state index in [-0.39, 0.29) is 25.8 Å². The van der Waals surface area contributed by atoms with Gasteiger partial charge in [-0.05, 0) is 61.5 Å². The first-order valence-electron chi connectivity index (χ1n) is 11.8. The molecule has 0 aromatic heterocycles. The minimum Gasteiger partial charge on any atom is -0.463 e. The van der Waals surface area contributed by atoms with Crippen molar-refractivity contribution in [1.82, 2.24) is 0 Å². The van der Waals surface area contributed by atoms with E-state index in [1.54, 1.807) is 61.5 Å². The summed E-state index contributed by atoms with van der Waals surface area (Å²) in [4.78, 5) is 36.2. The lowest BCUT2D eigenvalue weighted by atomic mass is 9.83. The van der Waals surface area contributed by atoms with E-state index in [1.165, 1.54) is 6.92 Å². The average molecular weight is 499 g/mol. The molecule has 5 atom stereocenters. The molecule has 0 unspecified atom stereocenters. The molecule has 3 aliphatic rings. The highest BCUT2D eigenvalue weighted by Gasteiger charge is 2.73. The Morgan fingerprint density at radius 3 is 2.09 bits per heavy atom. The normalized spacial score (nSPS) is 31.7. The van der Waals surface area contributed by atoms with E-state index >= 15 is 0 Å². The number of rotatable bonds is 7. The predicted molar refractivity (Wildman–Crippen MR) is 122 cm³/mol. The molecule has 0 amide bonds. The summed E-state index contributed by atoms with van der Waals surface area (Å²) in [6.45, 7) is 15.2. The summed E-state index contributed by atoms with van der Waals surface area (Å²) < 4.78 is 40.9. The molecule has 10 nitrogen and oxygen atoms in total. The monoisotopic (exact) mass is 498 g/mol. The molecule has 0 aromatic carbocycles. The summed E-state index contributed by atoms with van der Waals surface area (Å²) in [7, 11) is 0. The number of hydrogen-bond donors (Lipinski definition) is 0. The van der Waals surface area contributed by atoms with Gasteiger partial charge in [-0.3, -0.25) is 14.4 Å². The minimum absolute atomic E-state index is 0.00806. The Balaban J connectivity index is 1.90. The molecule has 0 radical (unpaired) electrons. The van der Waals surface area contributed by atoms with Crippen LogP contribution in [0.15, 0.2) is 11.6 Å². The second kappa shape index (κ2) is 9.46. The van der Waals surface area contributed by atoms with Crippen molar-refractivity contribution in [2.24, 2.45) is 10.8 Å². The quantitative estimate of drug-likeness (QED) is 0.295. The molecule has 0 saturated carbocycles. The first kappa shape index (κ1) is 27.6. The molecule has 35 heavy (non-hydrogen) atoms. The van der Waals surface area contributed by atoms with Gasteiger partial charge in [0.15, 0.2) is 17.7 Å². The molecular weight excluding hydrogens is 460 g/mol. The number of esters is 3. The van der Waals surface area contributed by atoms with Crippen molar-refractivity contribution in [2.45, 2.75) is 98.3 Å². The smallest absolute Gasteiger partial charge is 0.311 e. The lowest BCUT2D eigenvalue weighted by Crippen LogP contribution is -2.57. The van der Waals surface area contributed by atoms with Crippen LogP contribution in [-0.2, 0) is 47.5 Å². The Hall–Kier alpha value is -2.01. The van der Waals surface area contributed by atoms with Crippen molar-refractivity contribution in [2.75, 3.05) is 19.8 Å². The van der Waals surface area contributed by atoms with Crippen LogP contribution in [0.5, 0.6) is 0 Å². The van der Waals surface area contributed by atoms with Crippen LogP contribution in [0.1, 0.15) is 62.3 Å². The third-order valence-corrected chi connectivity index (χ3v) is 5.92. The van der Waals surface area contributed by atoms with Crippen molar-refractivity contribution in [3.63, 3.8) is 0 Å². The van der Waals surface area contributed by atoms with Gasteiger partial charge in [-0.1, -0.05) is 0 Å². The molecule has 0 spiro atoms. The lowest BCUT2D eigenvalue weighted by molar-refractivity contribution is -0.219. The summed E-state index contributed by atoms with van der Waals surface area (Å²) >= 11 is 0. The third-order valence-electron chi connectivity index (χ3n) is 5.92. The van der Waals surface area contributed by atoms with E-state index in [0.29, 0.717) is 5.57 Å². The molecule has 3 aliphatic heterocycles. The molecule has 2 bridgehead atoms. The summed E-state index contributed by atoms with van der Waals surface area (Å²) in [6, 6.07) is 0. The number of carbonyl (C=O) groups excluding carboxylic acids is 3. The van der Waals surface area contributed by atoms with E-state index < -0.39 is 58.8 Å². The Morgan fingerprint density at radius 2 is 1.51 bits per heavy atom. The molecular formula is C25H38O10. The van der Waals surface area contributed by atoms with E-state index in [9.17, 15) is 14.4 Å². The van der Waals surface area contributed by atoms with Crippen LogP contribution in [0.4, 0.5) is 0 Å². The predicted octanol–water partition coefficient (Wildman–Crippen LogP) is 2.67. The van der Waals surface area contributed by atoms with Gasteiger partial charge >= 0.3 is 17.9 Å². The van der Waals surface area contributed by atoms with Crippen LogP contribution in [-0.4, -0.2) is 73.7 Å². The van der Waals surface area contributed by atoms with Crippen molar-refractivity contribution in [3.8, 4) is 0 Å². The Morgan fingerprint density at radius 1 is 0.914 bits per heavy atom. The largest absolute Gasteiger partial charge is 0.463 e. The molecule has 3 heterocycles. The molecule has 0 N–H and O–H groups in total. The zero-order valence-corrected chi connectivity index (χ0v) is 22.1. The average Bonchev–Trinajstić information content (AvgIpc) is 3.33. The third kappa shape index (κ3) is 5.71. The maximum absolute atomic E-state index is 12.6. The van der Waals surface area contributed by atoms with Crippen LogP contribution in [0.25, 0.3) is 0 Å². The van der Waals surface area contributed by atoms with Gasteiger partial charge in [0.25, 0.3) is 0 Å². The molecule has 198 valence electrons. The van der Waals surface area contributed by atoms with E-state index in [4.69, 9.17) is 33.2 Å². The molecule has 3 rings (SSSR count). The zero-order valence-electron chi connectivity index (χ0n) is 22.1. The van der Waals surface area contributed by atoms with Crippen LogP contribution in [0.3, 0.4) is 0 Å². The summed E-state index contributed by atoms with van der Waals surface area (Å²) in [5.74, 6) is -2.21. The van der Waals surface area contributed by atoms with Crippen molar-refractivity contribution in [3.05, 3.63) is 11.6 Å². The maximum Gasteiger partial charge on any atom is 0.311 e. The second-order valence-corrected chi connectivity index (χ2v) is 11.6. The minimum atomic E-state index is -1.24. The highest BCUT2D eigenvalue weighted by Crippen LogP contribution is 2.55. The van der Waals surface area contributed by atoms with Crippen LogP contribution in [0.2, 0.25) is 0 Å². The van der Waals surface area contributed by atoms with Gasteiger partial charge < -0.3 is 33.2 Å². The van der Waals surface area contributed by atoms with Crippen LogP contribution in [0, 0.1) is 10.8 Å². The number of fused-ring (bicyclic) bond motifs is 5. The standard InChI is InChI=1S/C25H38O10/c1-14(26)30-13-16-17-18-25(21(32-16)33-17,35-24(8,9)34-18)15(12-31-20(28)23(5,6)7)10-11-29-19(27)22(2,3)4/h10,16-18,21H,11-13H2,1-9H3/b15-10+/t16-,17-,18+,21-,25+/m1/s1. The van der Waals surface area contributed by atoms with Crippen molar-refractivity contribution < 1.29 is 47.5 Å². The zero-order chi connectivity index (χ0) is 26.4. The Labute approximate surface area is 206 Å². The fourth-order valence-electron chi connectivity index (χ4n) is 4.20. The summed E-state index contributed by atoms with van der Waals surface area (Å²) in [6.07, 6.45) is -1.00. The topological polar surface area (TPSA) is 116 Å². The van der Waals surface area contributed by atoms with Gasteiger partial charge in [0.2, 0.25) is 0 Å². The highest BCUT2D eigenvalue weighted by atomic mass is 16.8. The summed E-state index contributed by atoms with van der Waals surface area (Å²) in [5.41, 5.74) is -2.13. The van der Waals surface area contributed by atoms with Gasteiger partial charge in [-0.15, -0.1) is 0 Å². The van der Waals surface area contributed by atoms with Gasteiger partial charge in [-0.2, -0.15) is 0 Å². The first-order valence-corrected chi connectivity index (χ1v) is 11.8. The lowest BCUT2D eigenvalue weighted by Gasteiger charge is -2.38. The highest BCUT2D eigenvalue weighted by molar-refractivity contribution is 5.76. The van der Waals surface area contributed by atoms with Crippen LogP contribution >= 0.6 is 0 Å². The van der Waals surface area contributed by atoms with Gasteiger partial charge in [0, 0.05) is 12.5 Å². The fraction of sp³-hybridized carbons (Fsp3) is 0.800. The Bertz CT molecular complexity index is 878. The van der Waals surface area contributed by atoms with E-state index in [0.717, 1.165) is 0 Å².